The van der Waals surface area contributed by atoms with E-state index >= 15 is 0 Å². The monoisotopic (exact) mass is 239 g/mol. The van der Waals surface area contributed by atoms with Gasteiger partial charge in [0, 0.05) is 10.6 Å². The Hall–Kier alpha value is -0.910. The van der Waals surface area contributed by atoms with E-state index in [9.17, 15) is 17.6 Å². The lowest BCUT2D eigenvalue weighted by molar-refractivity contribution is -0.105. The van der Waals surface area contributed by atoms with Crippen molar-refractivity contribution >= 4 is 17.4 Å². The number of alkyl halides is 3. The molecule has 0 aromatic heterocycles. The maximum absolute atomic E-state index is 12.9. The zero-order chi connectivity index (χ0) is 11.6. The van der Waals surface area contributed by atoms with Crippen molar-refractivity contribution in [1.82, 2.24) is 0 Å². The molecular formula is C9H9F4NS. The van der Waals surface area contributed by atoms with Gasteiger partial charge in [0.25, 0.3) is 0 Å². The Bertz CT molecular complexity index is 362. The van der Waals surface area contributed by atoms with Gasteiger partial charge in [0.15, 0.2) is 0 Å². The first-order valence-corrected chi connectivity index (χ1v) is 5.03. The van der Waals surface area contributed by atoms with E-state index < -0.39 is 17.7 Å². The van der Waals surface area contributed by atoms with Crippen LogP contribution in [0.5, 0.6) is 0 Å². The summed E-state index contributed by atoms with van der Waals surface area (Å²) in [5.74, 6) is -1.54. The number of thioether (sulfide) groups is 1. The molecule has 0 saturated heterocycles. The summed E-state index contributed by atoms with van der Waals surface area (Å²) in [4.78, 5) is 0.256. The van der Waals surface area contributed by atoms with Crippen LogP contribution in [0.15, 0.2) is 17.0 Å². The molecule has 0 aliphatic carbocycles. The molecule has 15 heavy (non-hydrogen) atoms. The van der Waals surface area contributed by atoms with Crippen molar-refractivity contribution in [3.8, 4) is 0 Å². The minimum absolute atomic E-state index is 0.0346. The minimum atomic E-state index is -4.25. The molecule has 0 saturated carbocycles. The van der Waals surface area contributed by atoms with Crippen LogP contribution in [0.1, 0.15) is 5.56 Å². The topological polar surface area (TPSA) is 26.0 Å². The van der Waals surface area contributed by atoms with Gasteiger partial charge in [-0.05, 0) is 24.6 Å². The van der Waals surface area contributed by atoms with Crippen molar-refractivity contribution in [3.63, 3.8) is 0 Å². The Labute approximate surface area is 88.7 Å². The van der Waals surface area contributed by atoms with Crippen molar-refractivity contribution in [1.29, 1.82) is 0 Å². The van der Waals surface area contributed by atoms with Gasteiger partial charge in [-0.1, -0.05) is 0 Å². The summed E-state index contributed by atoms with van der Waals surface area (Å²) < 4.78 is 48.7. The highest BCUT2D eigenvalue weighted by Crippen LogP contribution is 2.32. The molecule has 0 radical (unpaired) electrons. The quantitative estimate of drug-likeness (QED) is 0.486. The van der Waals surface area contributed by atoms with Gasteiger partial charge < -0.3 is 5.73 Å². The molecule has 0 fully saturated rings. The van der Waals surface area contributed by atoms with E-state index in [2.05, 4.69) is 0 Å². The van der Waals surface area contributed by atoms with Crippen molar-refractivity contribution in [2.75, 3.05) is 11.5 Å². The fraction of sp³-hybridized carbons (Fsp3) is 0.333. The van der Waals surface area contributed by atoms with E-state index in [0.717, 1.165) is 6.07 Å². The summed E-state index contributed by atoms with van der Waals surface area (Å²) in [6.07, 6.45) is -4.25. The third-order valence-corrected chi connectivity index (χ3v) is 2.82. The molecule has 0 spiro atoms. The van der Waals surface area contributed by atoms with Crippen LogP contribution in [0.4, 0.5) is 23.2 Å². The van der Waals surface area contributed by atoms with Crippen LogP contribution < -0.4 is 5.73 Å². The second-order valence-corrected chi connectivity index (χ2v) is 4.06. The van der Waals surface area contributed by atoms with Crippen molar-refractivity contribution in [3.05, 3.63) is 23.5 Å². The van der Waals surface area contributed by atoms with E-state index in [1.807, 2.05) is 0 Å². The summed E-state index contributed by atoms with van der Waals surface area (Å²) in [5.41, 5.74) is 5.71. The number of nitrogens with two attached hydrogens (primary N) is 1. The van der Waals surface area contributed by atoms with Crippen LogP contribution in [-0.2, 0) is 0 Å². The van der Waals surface area contributed by atoms with Crippen LogP contribution in [0.3, 0.4) is 0 Å². The molecule has 0 heterocycles. The molecule has 1 rings (SSSR count). The Morgan fingerprint density at radius 2 is 1.93 bits per heavy atom. The van der Waals surface area contributed by atoms with Crippen LogP contribution >= 0.6 is 11.8 Å². The van der Waals surface area contributed by atoms with Gasteiger partial charge in [-0.3, -0.25) is 0 Å². The maximum Gasteiger partial charge on any atom is 0.398 e. The van der Waals surface area contributed by atoms with Gasteiger partial charge in [-0.15, -0.1) is 11.8 Å². The molecule has 1 nitrogen and oxygen atoms in total. The lowest BCUT2D eigenvalue weighted by Crippen LogP contribution is -2.10. The van der Waals surface area contributed by atoms with Crippen LogP contribution in [0.2, 0.25) is 0 Å². The lowest BCUT2D eigenvalue weighted by atomic mass is 10.2. The largest absolute Gasteiger partial charge is 0.398 e. The van der Waals surface area contributed by atoms with E-state index in [1.165, 1.54) is 13.0 Å². The Kier molecular flexibility index (Phi) is 3.49. The van der Waals surface area contributed by atoms with Gasteiger partial charge in [-0.2, -0.15) is 13.2 Å². The summed E-state index contributed by atoms with van der Waals surface area (Å²) in [6.45, 7) is 1.48. The van der Waals surface area contributed by atoms with E-state index in [-0.39, 0.29) is 16.1 Å². The second kappa shape index (κ2) is 4.30. The second-order valence-electron chi connectivity index (χ2n) is 3.04. The zero-order valence-electron chi connectivity index (χ0n) is 7.86. The molecule has 1 aromatic rings. The average molecular weight is 239 g/mol. The molecule has 2 N–H and O–H groups in total. The first-order valence-electron chi connectivity index (χ1n) is 4.05. The number of halogens is 4. The summed E-state index contributed by atoms with van der Waals surface area (Å²) >= 11 is 0.560. The van der Waals surface area contributed by atoms with E-state index in [0.29, 0.717) is 11.8 Å². The normalized spacial score (nSPS) is 11.8. The molecule has 0 atom stereocenters. The predicted molar refractivity (Wildman–Crippen MR) is 52.3 cm³/mol. The van der Waals surface area contributed by atoms with Gasteiger partial charge in [-0.25, -0.2) is 4.39 Å². The molecule has 0 aliphatic heterocycles. The fourth-order valence-electron chi connectivity index (χ4n) is 0.955. The third-order valence-electron chi connectivity index (χ3n) is 1.68. The number of nitrogen functional groups attached to an aromatic ring is 1. The molecule has 0 bridgehead atoms. The van der Waals surface area contributed by atoms with E-state index in [4.69, 9.17) is 5.73 Å². The summed E-state index contributed by atoms with van der Waals surface area (Å²) in [6, 6.07) is 2.36. The number of aryl methyl sites for hydroxylation is 1. The number of anilines is 1. The van der Waals surface area contributed by atoms with Crippen LogP contribution in [0.25, 0.3) is 0 Å². The predicted octanol–water partition coefficient (Wildman–Crippen LogP) is 3.37. The molecule has 0 unspecified atom stereocenters. The number of rotatable bonds is 2. The first-order chi connectivity index (χ1) is 6.79. The Morgan fingerprint density at radius 3 is 2.47 bits per heavy atom. The van der Waals surface area contributed by atoms with Gasteiger partial charge in [0.2, 0.25) is 0 Å². The van der Waals surface area contributed by atoms with Gasteiger partial charge in [0.05, 0.1) is 5.75 Å². The zero-order valence-corrected chi connectivity index (χ0v) is 8.68. The molecule has 6 heteroatoms. The highest BCUT2D eigenvalue weighted by molar-refractivity contribution is 7.99. The Balaban J connectivity index is 2.82. The highest BCUT2D eigenvalue weighted by atomic mass is 32.2. The first kappa shape index (κ1) is 12.2. The number of benzene rings is 1. The molecule has 0 amide bonds. The van der Waals surface area contributed by atoms with E-state index in [1.54, 1.807) is 0 Å². The molecule has 1 aromatic carbocycles. The lowest BCUT2D eigenvalue weighted by Gasteiger charge is -2.09. The SMILES string of the molecule is Cc1cc(SCC(F)(F)F)c(N)cc1F. The molecule has 0 aliphatic rings. The molecular weight excluding hydrogens is 230 g/mol. The van der Waals surface area contributed by atoms with Crippen LogP contribution in [0, 0.1) is 12.7 Å². The smallest absolute Gasteiger partial charge is 0.398 e. The van der Waals surface area contributed by atoms with Crippen molar-refractivity contribution < 1.29 is 17.6 Å². The standard InChI is InChI=1S/C9H9F4NS/c1-5-2-8(7(14)3-6(5)10)15-4-9(11,12)13/h2-3H,4,14H2,1H3. The fourth-order valence-corrected chi connectivity index (χ4v) is 1.76. The van der Waals surface area contributed by atoms with Crippen LogP contribution in [-0.4, -0.2) is 11.9 Å². The number of hydrogen-bond acceptors (Lipinski definition) is 2. The number of hydrogen-bond donors (Lipinski definition) is 1. The summed E-state index contributed by atoms with van der Waals surface area (Å²) in [5, 5.41) is 0. The average Bonchev–Trinajstić information content (AvgIpc) is 2.07. The van der Waals surface area contributed by atoms with Gasteiger partial charge in [0.1, 0.15) is 5.82 Å². The van der Waals surface area contributed by atoms with Crippen molar-refractivity contribution in [2.45, 2.75) is 18.0 Å². The Morgan fingerprint density at radius 1 is 1.33 bits per heavy atom. The van der Waals surface area contributed by atoms with Gasteiger partial charge >= 0.3 is 6.18 Å². The summed E-state index contributed by atoms with van der Waals surface area (Å²) in [7, 11) is 0. The third kappa shape index (κ3) is 3.62. The maximum atomic E-state index is 12.9. The highest BCUT2D eigenvalue weighted by Gasteiger charge is 2.27. The minimum Gasteiger partial charge on any atom is -0.398 e. The van der Waals surface area contributed by atoms with Crippen molar-refractivity contribution in [2.24, 2.45) is 0 Å². The molecule has 84 valence electrons.